The number of carbonyl (C=O) groups is 2. The number of thioether (sulfide) groups is 1. The maximum absolute atomic E-state index is 11.4. The average Bonchev–Trinajstić information content (AvgIpc) is 2.75. The monoisotopic (exact) mass is 274 g/mol. The van der Waals surface area contributed by atoms with E-state index in [1.807, 2.05) is 0 Å². The molecule has 0 aliphatic heterocycles. The second kappa shape index (κ2) is 7.29. The summed E-state index contributed by atoms with van der Waals surface area (Å²) >= 11 is 2.82. The van der Waals surface area contributed by atoms with Gasteiger partial charge >= 0.3 is 5.97 Å². The number of nitrogens with one attached hydrogen (secondary N) is 1. The molecule has 0 saturated carbocycles. The van der Waals surface area contributed by atoms with Gasteiger partial charge in [-0.3, -0.25) is 4.79 Å². The Morgan fingerprint density at radius 1 is 1.59 bits per heavy atom. The van der Waals surface area contributed by atoms with Crippen molar-refractivity contribution in [3.63, 3.8) is 0 Å². The first kappa shape index (κ1) is 14.0. The zero-order chi connectivity index (χ0) is 12.7. The van der Waals surface area contributed by atoms with Crippen LogP contribution in [0, 0.1) is 0 Å². The predicted molar refractivity (Wildman–Crippen MR) is 68.5 cm³/mol. The molecule has 2 N–H and O–H groups in total. The summed E-state index contributed by atoms with van der Waals surface area (Å²) in [4.78, 5) is 25.8. The molecule has 0 atom stereocenters. The molecular weight excluding hydrogens is 260 g/mol. The Morgan fingerprint density at radius 2 is 2.35 bits per heavy atom. The van der Waals surface area contributed by atoms with E-state index in [1.165, 1.54) is 16.7 Å². The molecule has 1 heterocycles. The van der Waals surface area contributed by atoms with Crippen molar-refractivity contribution < 1.29 is 14.7 Å². The van der Waals surface area contributed by atoms with Crippen LogP contribution < -0.4 is 5.32 Å². The third kappa shape index (κ3) is 5.18. The summed E-state index contributed by atoms with van der Waals surface area (Å²) in [6.07, 6.45) is 1.05. The van der Waals surface area contributed by atoms with E-state index in [0.29, 0.717) is 17.3 Å². The molecule has 0 fully saturated rings. The number of thiazole rings is 1. The van der Waals surface area contributed by atoms with Gasteiger partial charge in [0.25, 0.3) is 0 Å². The highest BCUT2D eigenvalue weighted by Gasteiger charge is 2.09. The van der Waals surface area contributed by atoms with Crippen LogP contribution in [-0.2, 0) is 11.3 Å². The maximum Gasteiger partial charge on any atom is 0.355 e. The van der Waals surface area contributed by atoms with Gasteiger partial charge in [-0.2, -0.15) is 11.8 Å². The summed E-state index contributed by atoms with van der Waals surface area (Å²) in [7, 11) is 0. The van der Waals surface area contributed by atoms with E-state index in [-0.39, 0.29) is 11.6 Å². The largest absolute Gasteiger partial charge is 0.476 e. The molecule has 5 nitrogen and oxygen atoms in total. The summed E-state index contributed by atoms with van der Waals surface area (Å²) < 4.78 is 0. The van der Waals surface area contributed by atoms with Crippen LogP contribution in [0.15, 0.2) is 5.38 Å². The number of carboxylic acid groups (broad SMARTS) is 1. The SMILES string of the molecule is CCCSCC(=O)NCc1nc(C(=O)O)cs1. The lowest BCUT2D eigenvalue weighted by Gasteiger charge is -2.01. The number of amides is 1. The zero-order valence-corrected chi connectivity index (χ0v) is 11.1. The van der Waals surface area contributed by atoms with E-state index in [2.05, 4.69) is 17.2 Å². The second-order valence-electron chi connectivity index (χ2n) is 3.26. The van der Waals surface area contributed by atoms with Gasteiger partial charge in [-0.15, -0.1) is 11.3 Å². The first-order chi connectivity index (χ1) is 8.13. The third-order valence-electron chi connectivity index (χ3n) is 1.79. The number of carboxylic acids is 1. The highest BCUT2D eigenvalue weighted by Crippen LogP contribution is 2.09. The van der Waals surface area contributed by atoms with Gasteiger partial charge in [0.05, 0.1) is 12.3 Å². The van der Waals surface area contributed by atoms with E-state index in [1.54, 1.807) is 11.8 Å². The Labute approximate surface area is 108 Å². The predicted octanol–water partition coefficient (Wildman–Crippen LogP) is 1.60. The van der Waals surface area contributed by atoms with Gasteiger partial charge in [-0.25, -0.2) is 9.78 Å². The van der Waals surface area contributed by atoms with Gasteiger partial charge < -0.3 is 10.4 Å². The van der Waals surface area contributed by atoms with Gasteiger partial charge in [0.1, 0.15) is 5.01 Å². The van der Waals surface area contributed by atoms with E-state index in [4.69, 9.17) is 5.11 Å². The van der Waals surface area contributed by atoms with E-state index < -0.39 is 5.97 Å². The van der Waals surface area contributed by atoms with Crippen LogP contribution in [0.5, 0.6) is 0 Å². The topological polar surface area (TPSA) is 79.3 Å². The molecule has 0 aliphatic rings. The normalized spacial score (nSPS) is 10.2. The number of hydrogen-bond acceptors (Lipinski definition) is 5. The number of nitrogens with zero attached hydrogens (tertiary/aromatic N) is 1. The van der Waals surface area contributed by atoms with Crippen LogP contribution in [0.4, 0.5) is 0 Å². The molecule has 0 spiro atoms. The standard InChI is InChI=1S/C10H14N2O3S2/c1-2-3-16-6-8(13)11-4-9-12-7(5-17-9)10(14)15/h5H,2-4,6H2,1H3,(H,11,13)(H,14,15). The first-order valence-corrected chi connectivity index (χ1v) is 7.19. The molecule has 1 aromatic rings. The molecule has 0 unspecified atom stereocenters. The Bertz CT molecular complexity index is 393. The highest BCUT2D eigenvalue weighted by atomic mass is 32.2. The molecule has 0 aliphatic carbocycles. The van der Waals surface area contributed by atoms with Crippen LogP contribution in [0.3, 0.4) is 0 Å². The fraction of sp³-hybridized carbons (Fsp3) is 0.500. The summed E-state index contributed by atoms with van der Waals surface area (Å²) in [5.74, 6) is 0.312. The Hall–Kier alpha value is -1.08. The van der Waals surface area contributed by atoms with Gasteiger partial charge in [0.2, 0.25) is 5.91 Å². The van der Waals surface area contributed by atoms with Crippen molar-refractivity contribution in [2.45, 2.75) is 19.9 Å². The molecule has 0 bridgehead atoms. The number of hydrogen-bond donors (Lipinski definition) is 2. The van der Waals surface area contributed by atoms with Crippen molar-refractivity contribution in [1.29, 1.82) is 0 Å². The summed E-state index contributed by atoms with van der Waals surface area (Å²) in [6, 6.07) is 0. The summed E-state index contributed by atoms with van der Waals surface area (Å²) in [5.41, 5.74) is 0.0274. The summed E-state index contributed by atoms with van der Waals surface area (Å²) in [5, 5.41) is 13.5. The molecule has 0 saturated heterocycles. The van der Waals surface area contributed by atoms with Gasteiger partial charge in [-0.05, 0) is 12.2 Å². The van der Waals surface area contributed by atoms with Crippen LogP contribution in [0.1, 0.15) is 28.8 Å². The molecule has 1 amide bonds. The molecular formula is C10H14N2O3S2. The quantitative estimate of drug-likeness (QED) is 0.738. The Kier molecular flexibility index (Phi) is 5.99. The maximum atomic E-state index is 11.4. The minimum Gasteiger partial charge on any atom is -0.476 e. The molecule has 1 aromatic heterocycles. The highest BCUT2D eigenvalue weighted by molar-refractivity contribution is 7.99. The van der Waals surface area contributed by atoms with Gasteiger partial charge in [-0.1, -0.05) is 6.92 Å². The Balaban J connectivity index is 2.29. The summed E-state index contributed by atoms with van der Waals surface area (Å²) in [6.45, 7) is 2.36. The van der Waals surface area contributed by atoms with Crippen LogP contribution in [0.2, 0.25) is 0 Å². The van der Waals surface area contributed by atoms with Gasteiger partial charge in [0.15, 0.2) is 5.69 Å². The van der Waals surface area contributed by atoms with Crippen molar-refractivity contribution in [3.8, 4) is 0 Å². The lowest BCUT2D eigenvalue weighted by atomic mass is 10.5. The molecule has 0 aromatic carbocycles. The third-order valence-corrected chi connectivity index (χ3v) is 3.80. The fourth-order valence-electron chi connectivity index (χ4n) is 1.02. The van der Waals surface area contributed by atoms with Crippen LogP contribution in [-0.4, -0.2) is 33.5 Å². The van der Waals surface area contributed by atoms with Crippen LogP contribution in [0.25, 0.3) is 0 Å². The molecule has 94 valence electrons. The lowest BCUT2D eigenvalue weighted by Crippen LogP contribution is -2.24. The number of rotatable bonds is 7. The van der Waals surface area contributed by atoms with Crippen molar-refractivity contribution >= 4 is 35.0 Å². The first-order valence-electron chi connectivity index (χ1n) is 5.15. The molecule has 7 heteroatoms. The minimum atomic E-state index is -1.04. The zero-order valence-electron chi connectivity index (χ0n) is 9.43. The van der Waals surface area contributed by atoms with E-state index in [0.717, 1.165) is 12.2 Å². The Morgan fingerprint density at radius 3 is 2.94 bits per heavy atom. The number of aromatic nitrogens is 1. The fourth-order valence-corrected chi connectivity index (χ4v) is 2.45. The minimum absolute atomic E-state index is 0.0274. The smallest absolute Gasteiger partial charge is 0.355 e. The molecule has 17 heavy (non-hydrogen) atoms. The molecule has 1 rings (SSSR count). The second-order valence-corrected chi connectivity index (χ2v) is 5.31. The van der Waals surface area contributed by atoms with Crippen molar-refractivity contribution in [3.05, 3.63) is 16.1 Å². The van der Waals surface area contributed by atoms with Gasteiger partial charge in [0, 0.05) is 5.38 Å². The van der Waals surface area contributed by atoms with E-state index in [9.17, 15) is 9.59 Å². The molecule has 0 radical (unpaired) electrons. The lowest BCUT2D eigenvalue weighted by molar-refractivity contribution is -0.118. The van der Waals surface area contributed by atoms with Crippen molar-refractivity contribution in [2.24, 2.45) is 0 Å². The van der Waals surface area contributed by atoms with Crippen LogP contribution >= 0.6 is 23.1 Å². The number of aromatic carboxylic acids is 1. The van der Waals surface area contributed by atoms with Crippen molar-refractivity contribution in [1.82, 2.24) is 10.3 Å². The van der Waals surface area contributed by atoms with E-state index >= 15 is 0 Å². The van der Waals surface area contributed by atoms with Crippen molar-refractivity contribution in [2.75, 3.05) is 11.5 Å². The average molecular weight is 274 g/mol. The number of carbonyl (C=O) groups excluding carboxylic acids is 1.